The standard InChI is InChI=1S/C9H14O/c1-10-9-7-5-3-2-4-6-8-9/h9H,2-5,7H2,1H3. The van der Waals surface area contributed by atoms with Gasteiger partial charge in [-0.15, -0.1) is 5.92 Å². The molecule has 0 heterocycles. The molecule has 0 saturated carbocycles. The van der Waals surface area contributed by atoms with Crippen LogP contribution in [0.5, 0.6) is 0 Å². The van der Waals surface area contributed by atoms with Crippen molar-refractivity contribution >= 4 is 0 Å². The molecule has 1 rings (SSSR count). The van der Waals surface area contributed by atoms with E-state index in [1.165, 1.54) is 19.3 Å². The third-order valence-corrected chi connectivity index (χ3v) is 1.82. The van der Waals surface area contributed by atoms with E-state index in [4.69, 9.17) is 4.74 Å². The number of hydrogen-bond acceptors (Lipinski definition) is 1. The van der Waals surface area contributed by atoms with Gasteiger partial charge in [0.25, 0.3) is 0 Å². The van der Waals surface area contributed by atoms with Gasteiger partial charge in [0, 0.05) is 13.5 Å². The fourth-order valence-corrected chi connectivity index (χ4v) is 1.15. The molecule has 0 aromatic carbocycles. The molecule has 1 unspecified atom stereocenters. The molecular weight excluding hydrogens is 124 g/mol. The summed E-state index contributed by atoms with van der Waals surface area (Å²) in [6, 6.07) is 0. The second-order valence-electron chi connectivity index (χ2n) is 2.64. The average Bonchev–Trinajstić information content (AvgIpc) is 1.87. The molecule has 0 radical (unpaired) electrons. The van der Waals surface area contributed by atoms with Gasteiger partial charge in [0.15, 0.2) is 0 Å². The quantitative estimate of drug-likeness (QED) is 0.503. The van der Waals surface area contributed by atoms with Crippen LogP contribution in [0.25, 0.3) is 0 Å². The Hall–Kier alpha value is -0.480. The zero-order valence-electron chi connectivity index (χ0n) is 6.52. The largest absolute Gasteiger partial charge is 0.369 e. The van der Waals surface area contributed by atoms with Crippen molar-refractivity contribution in [1.82, 2.24) is 0 Å². The lowest BCUT2D eigenvalue weighted by Crippen LogP contribution is -2.08. The molecule has 56 valence electrons. The lowest BCUT2D eigenvalue weighted by Gasteiger charge is -2.09. The van der Waals surface area contributed by atoms with Crippen LogP contribution in [-0.4, -0.2) is 13.2 Å². The molecule has 0 aromatic heterocycles. The van der Waals surface area contributed by atoms with Crippen LogP contribution in [0, 0.1) is 11.8 Å². The minimum atomic E-state index is 0.209. The molecule has 0 N–H and O–H groups in total. The summed E-state index contributed by atoms with van der Waals surface area (Å²) in [5, 5.41) is 0. The summed E-state index contributed by atoms with van der Waals surface area (Å²) < 4.78 is 5.15. The van der Waals surface area contributed by atoms with Crippen LogP contribution in [0.3, 0.4) is 0 Å². The van der Waals surface area contributed by atoms with Crippen molar-refractivity contribution in [3.05, 3.63) is 0 Å². The van der Waals surface area contributed by atoms with E-state index in [-0.39, 0.29) is 6.10 Å². The second kappa shape index (κ2) is 4.35. The fraction of sp³-hybridized carbons (Fsp3) is 0.778. The average molecular weight is 138 g/mol. The summed E-state index contributed by atoms with van der Waals surface area (Å²) in [7, 11) is 1.74. The number of hydrogen-bond donors (Lipinski definition) is 0. The molecule has 1 aliphatic rings. The van der Waals surface area contributed by atoms with E-state index < -0.39 is 0 Å². The maximum atomic E-state index is 5.15. The van der Waals surface area contributed by atoms with Crippen LogP contribution in [0.15, 0.2) is 0 Å². The van der Waals surface area contributed by atoms with E-state index in [0.717, 1.165) is 12.8 Å². The Morgan fingerprint density at radius 1 is 1.30 bits per heavy atom. The van der Waals surface area contributed by atoms with Crippen molar-refractivity contribution in [2.24, 2.45) is 0 Å². The van der Waals surface area contributed by atoms with Crippen molar-refractivity contribution in [3.8, 4) is 11.8 Å². The fourth-order valence-electron chi connectivity index (χ4n) is 1.15. The van der Waals surface area contributed by atoms with Crippen molar-refractivity contribution in [1.29, 1.82) is 0 Å². The van der Waals surface area contributed by atoms with E-state index in [9.17, 15) is 0 Å². The molecule has 0 aromatic rings. The van der Waals surface area contributed by atoms with Gasteiger partial charge in [0.2, 0.25) is 0 Å². The Balaban J connectivity index is 2.39. The van der Waals surface area contributed by atoms with Crippen LogP contribution in [-0.2, 0) is 4.74 Å². The molecule has 1 atom stereocenters. The zero-order valence-corrected chi connectivity index (χ0v) is 6.52. The van der Waals surface area contributed by atoms with Gasteiger partial charge in [-0.2, -0.15) is 0 Å². The minimum absolute atomic E-state index is 0.209. The Bertz CT molecular complexity index is 141. The van der Waals surface area contributed by atoms with Gasteiger partial charge in [-0.25, -0.2) is 0 Å². The summed E-state index contributed by atoms with van der Waals surface area (Å²) in [6.07, 6.45) is 6.23. The summed E-state index contributed by atoms with van der Waals surface area (Å²) in [5.41, 5.74) is 0. The first-order valence-corrected chi connectivity index (χ1v) is 3.94. The first kappa shape index (κ1) is 7.63. The molecule has 0 amide bonds. The molecule has 0 fully saturated rings. The Morgan fingerprint density at radius 3 is 3.00 bits per heavy atom. The third kappa shape index (κ3) is 2.41. The van der Waals surface area contributed by atoms with E-state index in [1.54, 1.807) is 7.11 Å². The van der Waals surface area contributed by atoms with Gasteiger partial charge in [-0.1, -0.05) is 12.3 Å². The van der Waals surface area contributed by atoms with Crippen molar-refractivity contribution in [2.45, 2.75) is 38.2 Å². The van der Waals surface area contributed by atoms with E-state index in [0.29, 0.717) is 0 Å². The maximum Gasteiger partial charge on any atom is 0.117 e. The van der Waals surface area contributed by atoms with Gasteiger partial charge in [-0.05, 0) is 19.3 Å². The van der Waals surface area contributed by atoms with Crippen LogP contribution in [0.2, 0.25) is 0 Å². The highest BCUT2D eigenvalue weighted by Crippen LogP contribution is 2.09. The lowest BCUT2D eigenvalue weighted by molar-refractivity contribution is 0.137. The normalized spacial score (nSPS) is 25.9. The topological polar surface area (TPSA) is 9.23 Å². The van der Waals surface area contributed by atoms with E-state index >= 15 is 0 Å². The number of rotatable bonds is 1. The molecule has 1 nitrogen and oxygen atoms in total. The molecule has 1 aliphatic carbocycles. The van der Waals surface area contributed by atoms with E-state index in [1.807, 2.05) is 0 Å². The highest BCUT2D eigenvalue weighted by atomic mass is 16.5. The zero-order chi connectivity index (χ0) is 7.23. The molecular formula is C9H14O. The monoisotopic (exact) mass is 138 g/mol. The maximum absolute atomic E-state index is 5.15. The molecule has 0 bridgehead atoms. The van der Waals surface area contributed by atoms with Crippen LogP contribution >= 0.6 is 0 Å². The summed E-state index contributed by atoms with van der Waals surface area (Å²) >= 11 is 0. The molecule has 10 heavy (non-hydrogen) atoms. The molecule has 0 saturated heterocycles. The highest BCUT2D eigenvalue weighted by molar-refractivity contribution is 5.05. The third-order valence-electron chi connectivity index (χ3n) is 1.82. The highest BCUT2D eigenvalue weighted by Gasteiger charge is 2.03. The lowest BCUT2D eigenvalue weighted by atomic mass is 10.1. The predicted molar refractivity (Wildman–Crippen MR) is 41.7 cm³/mol. The number of ether oxygens (including phenoxy) is 1. The molecule has 0 aliphatic heterocycles. The molecule has 0 spiro atoms. The Labute approximate surface area is 62.8 Å². The number of methoxy groups -OCH3 is 1. The molecule has 1 heteroatoms. The van der Waals surface area contributed by atoms with Gasteiger partial charge in [0.1, 0.15) is 6.10 Å². The smallest absolute Gasteiger partial charge is 0.117 e. The minimum Gasteiger partial charge on any atom is -0.369 e. The second-order valence-corrected chi connectivity index (χ2v) is 2.64. The van der Waals surface area contributed by atoms with Crippen molar-refractivity contribution in [3.63, 3.8) is 0 Å². The van der Waals surface area contributed by atoms with Gasteiger partial charge in [0.05, 0.1) is 0 Å². The SMILES string of the molecule is COC1C#CCCCCC1. The summed E-state index contributed by atoms with van der Waals surface area (Å²) in [6.45, 7) is 0. The Kier molecular flexibility index (Phi) is 3.32. The first-order chi connectivity index (χ1) is 4.93. The van der Waals surface area contributed by atoms with Gasteiger partial charge >= 0.3 is 0 Å². The van der Waals surface area contributed by atoms with Gasteiger partial charge < -0.3 is 4.74 Å². The Morgan fingerprint density at radius 2 is 2.20 bits per heavy atom. The summed E-state index contributed by atoms with van der Waals surface area (Å²) in [4.78, 5) is 0. The first-order valence-electron chi connectivity index (χ1n) is 3.94. The predicted octanol–water partition coefficient (Wildman–Crippen LogP) is 1.97. The van der Waals surface area contributed by atoms with Crippen LogP contribution in [0.4, 0.5) is 0 Å². The van der Waals surface area contributed by atoms with Crippen molar-refractivity contribution < 1.29 is 4.74 Å². The van der Waals surface area contributed by atoms with Gasteiger partial charge in [-0.3, -0.25) is 0 Å². The van der Waals surface area contributed by atoms with E-state index in [2.05, 4.69) is 11.8 Å². The van der Waals surface area contributed by atoms with Crippen LogP contribution in [0.1, 0.15) is 32.1 Å². The van der Waals surface area contributed by atoms with Crippen LogP contribution < -0.4 is 0 Å². The summed E-state index contributed by atoms with van der Waals surface area (Å²) in [5.74, 6) is 6.21. The van der Waals surface area contributed by atoms with Crippen molar-refractivity contribution in [2.75, 3.05) is 7.11 Å².